The fourth-order valence-corrected chi connectivity index (χ4v) is 1.84. The molecular formula is C12H10BrFN2O2. The van der Waals surface area contributed by atoms with Crippen molar-refractivity contribution in [1.82, 2.24) is 9.88 Å². The number of furan rings is 1. The summed E-state index contributed by atoms with van der Waals surface area (Å²) in [5, 5.41) is 0. The molecule has 0 aliphatic rings. The van der Waals surface area contributed by atoms with Crippen LogP contribution in [-0.2, 0) is 6.54 Å². The second-order valence-electron chi connectivity index (χ2n) is 3.72. The Morgan fingerprint density at radius 2 is 2.28 bits per heavy atom. The van der Waals surface area contributed by atoms with Crippen molar-refractivity contribution in [2.24, 2.45) is 0 Å². The molecule has 2 aromatic heterocycles. The van der Waals surface area contributed by atoms with E-state index in [9.17, 15) is 9.18 Å². The number of hydrogen-bond acceptors (Lipinski definition) is 3. The number of amides is 1. The number of pyridine rings is 1. The standard InChI is InChI=1S/C12H10BrFN2O2/c1-16(7-8-2-3-11(13)18-8)12(17)9-4-5-15-6-10(9)14/h2-6H,7H2,1H3. The third kappa shape index (κ3) is 2.76. The summed E-state index contributed by atoms with van der Waals surface area (Å²) in [6.07, 6.45) is 2.40. The first-order valence-electron chi connectivity index (χ1n) is 5.17. The molecule has 0 atom stereocenters. The van der Waals surface area contributed by atoms with Crippen molar-refractivity contribution in [3.63, 3.8) is 0 Å². The third-order valence-electron chi connectivity index (χ3n) is 2.37. The Morgan fingerprint density at radius 1 is 1.50 bits per heavy atom. The van der Waals surface area contributed by atoms with Crippen LogP contribution in [0.5, 0.6) is 0 Å². The minimum atomic E-state index is -0.630. The smallest absolute Gasteiger partial charge is 0.257 e. The predicted octanol–water partition coefficient (Wildman–Crippen LogP) is 2.85. The summed E-state index contributed by atoms with van der Waals surface area (Å²) in [5.41, 5.74) is -0.00174. The zero-order chi connectivity index (χ0) is 13.1. The predicted molar refractivity (Wildman–Crippen MR) is 66.4 cm³/mol. The van der Waals surface area contributed by atoms with Gasteiger partial charge in [0.05, 0.1) is 18.3 Å². The summed E-state index contributed by atoms with van der Waals surface area (Å²) in [6, 6.07) is 4.84. The molecule has 1 amide bonds. The summed E-state index contributed by atoms with van der Waals surface area (Å²) < 4.78 is 19.3. The van der Waals surface area contributed by atoms with E-state index in [1.54, 1.807) is 19.2 Å². The molecule has 2 heterocycles. The molecule has 0 N–H and O–H groups in total. The first kappa shape index (κ1) is 12.8. The van der Waals surface area contributed by atoms with Gasteiger partial charge in [0.1, 0.15) is 5.76 Å². The molecule has 2 rings (SSSR count). The second kappa shape index (κ2) is 5.30. The van der Waals surface area contributed by atoms with Gasteiger partial charge in [-0.1, -0.05) is 0 Å². The van der Waals surface area contributed by atoms with Crippen molar-refractivity contribution in [3.05, 3.63) is 52.4 Å². The van der Waals surface area contributed by atoms with E-state index in [-0.39, 0.29) is 12.1 Å². The van der Waals surface area contributed by atoms with Crippen LogP contribution in [-0.4, -0.2) is 22.8 Å². The van der Waals surface area contributed by atoms with Crippen molar-refractivity contribution in [1.29, 1.82) is 0 Å². The van der Waals surface area contributed by atoms with Crippen molar-refractivity contribution in [2.45, 2.75) is 6.54 Å². The molecule has 6 heteroatoms. The normalized spacial score (nSPS) is 10.4. The van der Waals surface area contributed by atoms with Gasteiger partial charge in [0.15, 0.2) is 10.5 Å². The van der Waals surface area contributed by atoms with Crippen LogP contribution in [0.2, 0.25) is 0 Å². The lowest BCUT2D eigenvalue weighted by molar-refractivity contribution is 0.0770. The maximum Gasteiger partial charge on any atom is 0.257 e. The lowest BCUT2D eigenvalue weighted by Gasteiger charge is -2.15. The number of carbonyl (C=O) groups excluding carboxylic acids is 1. The molecule has 0 bridgehead atoms. The Kier molecular flexibility index (Phi) is 3.76. The summed E-state index contributed by atoms with van der Waals surface area (Å²) in [4.78, 5) is 17.0. The van der Waals surface area contributed by atoms with Crippen LogP contribution in [0.3, 0.4) is 0 Å². The maximum absolute atomic E-state index is 13.4. The molecule has 94 valence electrons. The third-order valence-corrected chi connectivity index (χ3v) is 2.80. The lowest BCUT2D eigenvalue weighted by Crippen LogP contribution is -2.26. The van der Waals surface area contributed by atoms with Crippen molar-refractivity contribution < 1.29 is 13.6 Å². The average molecular weight is 313 g/mol. The summed E-state index contributed by atoms with van der Waals surface area (Å²) in [5.74, 6) is -0.426. The number of nitrogens with zero attached hydrogens (tertiary/aromatic N) is 2. The van der Waals surface area contributed by atoms with Gasteiger partial charge in [-0.2, -0.15) is 0 Å². The van der Waals surface area contributed by atoms with Gasteiger partial charge in [0, 0.05) is 13.2 Å². The van der Waals surface area contributed by atoms with Gasteiger partial charge >= 0.3 is 0 Å². The largest absolute Gasteiger partial charge is 0.452 e. The van der Waals surface area contributed by atoms with Gasteiger partial charge in [0.2, 0.25) is 0 Å². The number of hydrogen-bond donors (Lipinski definition) is 0. The molecule has 0 radical (unpaired) electrons. The molecule has 18 heavy (non-hydrogen) atoms. The number of carbonyl (C=O) groups is 1. The van der Waals surface area contributed by atoms with Gasteiger partial charge < -0.3 is 9.32 Å². The van der Waals surface area contributed by atoms with Gasteiger partial charge in [-0.15, -0.1) is 0 Å². The molecule has 0 aliphatic carbocycles. The Balaban J connectivity index is 2.12. The zero-order valence-electron chi connectivity index (χ0n) is 9.56. The molecular weight excluding hydrogens is 303 g/mol. The van der Waals surface area contributed by atoms with E-state index in [2.05, 4.69) is 20.9 Å². The van der Waals surface area contributed by atoms with Crippen LogP contribution in [0, 0.1) is 5.82 Å². The Bertz CT molecular complexity index is 571. The number of aromatic nitrogens is 1. The van der Waals surface area contributed by atoms with Gasteiger partial charge in [-0.25, -0.2) is 4.39 Å². The first-order valence-corrected chi connectivity index (χ1v) is 5.96. The number of rotatable bonds is 3. The summed E-state index contributed by atoms with van der Waals surface area (Å²) in [6.45, 7) is 0.270. The van der Waals surface area contributed by atoms with Gasteiger partial charge in [-0.3, -0.25) is 9.78 Å². The quantitative estimate of drug-likeness (QED) is 0.875. The minimum Gasteiger partial charge on any atom is -0.452 e. The van der Waals surface area contributed by atoms with E-state index in [1.807, 2.05) is 0 Å². The SMILES string of the molecule is CN(Cc1ccc(Br)o1)C(=O)c1ccncc1F. The van der Waals surface area contributed by atoms with Crippen LogP contribution < -0.4 is 0 Å². The average Bonchev–Trinajstić information content (AvgIpc) is 2.74. The molecule has 0 unspecified atom stereocenters. The molecule has 0 aliphatic heterocycles. The highest BCUT2D eigenvalue weighted by Crippen LogP contribution is 2.16. The molecule has 0 saturated carbocycles. The molecule has 2 aromatic rings. The van der Waals surface area contributed by atoms with Crippen LogP contribution in [0.1, 0.15) is 16.1 Å². The van der Waals surface area contributed by atoms with Crippen molar-refractivity contribution >= 4 is 21.8 Å². The summed E-state index contributed by atoms with van der Waals surface area (Å²) in [7, 11) is 1.58. The maximum atomic E-state index is 13.4. The fourth-order valence-electron chi connectivity index (χ4n) is 1.50. The molecule has 0 spiro atoms. The lowest BCUT2D eigenvalue weighted by atomic mass is 10.2. The first-order chi connectivity index (χ1) is 8.58. The van der Waals surface area contributed by atoms with Crippen LogP contribution in [0.15, 0.2) is 39.7 Å². The highest BCUT2D eigenvalue weighted by molar-refractivity contribution is 9.10. The topological polar surface area (TPSA) is 46.3 Å². The van der Waals surface area contributed by atoms with Crippen molar-refractivity contribution in [2.75, 3.05) is 7.05 Å². The van der Waals surface area contributed by atoms with Crippen LogP contribution >= 0.6 is 15.9 Å². The second-order valence-corrected chi connectivity index (χ2v) is 4.50. The monoisotopic (exact) mass is 312 g/mol. The Labute approximate surface area is 112 Å². The Hall–Kier alpha value is -1.69. The summed E-state index contributed by atoms with van der Waals surface area (Å²) >= 11 is 3.18. The molecule has 0 fully saturated rings. The zero-order valence-corrected chi connectivity index (χ0v) is 11.1. The molecule has 0 aromatic carbocycles. The highest BCUT2D eigenvalue weighted by atomic mass is 79.9. The van der Waals surface area contributed by atoms with Gasteiger partial charge in [0.25, 0.3) is 5.91 Å². The molecule has 4 nitrogen and oxygen atoms in total. The number of halogens is 2. The van der Waals surface area contributed by atoms with E-state index in [0.717, 1.165) is 6.20 Å². The highest BCUT2D eigenvalue weighted by Gasteiger charge is 2.17. The minimum absolute atomic E-state index is 0.00174. The van der Waals surface area contributed by atoms with E-state index in [1.165, 1.54) is 17.2 Å². The van der Waals surface area contributed by atoms with E-state index in [4.69, 9.17) is 4.42 Å². The van der Waals surface area contributed by atoms with E-state index < -0.39 is 11.7 Å². The van der Waals surface area contributed by atoms with E-state index >= 15 is 0 Å². The Morgan fingerprint density at radius 3 is 2.89 bits per heavy atom. The molecule has 0 saturated heterocycles. The van der Waals surface area contributed by atoms with E-state index in [0.29, 0.717) is 10.4 Å². The fraction of sp³-hybridized carbons (Fsp3) is 0.167. The van der Waals surface area contributed by atoms with Crippen molar-refractivity contribution in [3.8, 4) is 0 Å². The van der Waals surface area contributed by atoms with Crippen LogP contribution in [0.25, 0.3) is 0 Å². The van der Waals surface area contributed by atoms with Gasteiger partial charge in [-0.05, 0) is 34.1 Å². The van der Waals surface area contributed by atoms with Crippen LogP contribution in [0.4, 0.5) is 4.39 Å².